The standard InChI is InChI=1S/C12H14N2O8S2.C7H13N3O7S2/c15-12(10-4-2-1-3-5-10)20-6-7-23-24-9-11(22-14(18)19)8-21-13(16)17;1-5(11)7(8)4-19-18-3-6(17-10(14)15)2-16-9(12)13/h1-5,11H,6-9H2;6-7H,2-4,8H2,1H3. The highest BCUT2D eigenvalue weighted by atomic mass is 33.1. The summed E-state index contributed by atoms with van der Waals surface area (Å²) in [5, 5.41) is 36.3. The molecule has 0 aliphatic rings. The van der Waals surface area contributed by atoms with Crippen LogP contribution in [0.1, 0.15) is 17.3 Å². The first kappa shape index (κ1) is 39.5. The molecule has 1 rings (SSSR count). The van der Waals surface area contributed by atoms with Gasteiger partial charge in [-0.15, -0.1) is 40.5 Å². The van der Waals surface area contributed by atoms with Crippen molar-refractivity contribution in [3.05, 3.63) is 76.4 Å². The zero-order valence-corrected chi connectivity index (χ0v) is 25.5. The van der Waals surface area contributed by atoms with Crippen LogP contribution in [0.15, 0.2) is 30.3 Å². The summed E-state index contributed by atoms with van der Waals surface area (Å²) >= 11 is 0. The van der Waals surface area contributed by atoms with Gasteiger partial charge >= 0.3 is 5.97 Å². The van der Waals surface area contributed by atoms with Gasteiger partial charge in [0.05, 0.1) is 11.6 Å². The molecule has 1 aromatic rings. The minimum atomic E-state index is -1.06. The van der Waals surface area contributed by atoms with Gasteiger partial charge in [-0.25, -0.2) is 4.79 Å². The molecule has 20 nitrogen and oxygen atoms in total. The first-order chi connectivity index (χ1) is 20.3. The van der Waals surface area contributed by atoms with Crippen molar-refractivity contribution < 1.29 is 54.0 Å². The number of hydrogen-bond donors (Lipinski definition) is 1. The van der Waals surface area contributed by atoms with Crippen LogP contribution in [0.25, 0.3) is 0 Å². The van der Waals surface area contributed by atoms with Gasteiger partial charge in [-0.3, -0.25) is 4.79 Å². The van der Waals surface area contributed by atoms with E-state index >= 15 is 0 Å². The number of nitrogens with two attached hydrogens (primary N) is 1. The second kappa shape index (κ2) is 24.0. The molecule has 0 saturated heterocycles. The van der Waals surface area contributed by atoms with Crippen molar-refractivity contribution in [1.82, 2.24) is 0 Å². The van der Waals surface area contributed by atoms with Gasteiger partial charge in [-0.05, 0) is 19.1 Å². The van der Waals surface area contributed by atoms with Crippen LogP contribution >= 0.6 is 43.2 Å². The van der Waals surface area contributed by atoms with E-state index in [-0.39, 0.29) is 23.9 Å². The van der Waals surface area contributed by atoms with Crippen molar-refractivity contribution in [3.8, 4) is 0 Å². The van der Waals surface area contributed by atoms with Crippen molar-refractivity contribution in [2.24, 2.45) is 5.73 Å². The zero-order valence-electron chi connectivity index (χ0n) is 22.2. The summed E-state index contributed by atoms with van der Waals surface area (Å²) in [6.07, 6.45) is -2.12. The van der Waals surface area contributed by atoms with Crippen LogP contribution in [-0.4, -0.2) is 93.2 Å². The van der Waals surface area contributed by atoms with Crippen molar-refractivity contribution in [1.29, 1.82) is 0 Å². The smallest absolute Gasteiger partial charge is 0.338 e. The Morgan fingerprint density at radius 2 is 1.23 bits per heavy atom. The lowest BCUT2D eigenvalue weighted by Gasteiger charge is -2.13. The van der Waals surface area contributed by atoms with E-state index in [1.54, 1.807) is 30.3 Å². The van der Waals surface area contributed by atoms with Gasteiger partial charge in [0.1, 0.15) is 37.8 Å². The molecule has 1 aromatic carbocycles. The van der Waals surface area contributed by atoms with Gasteiger partial charge in [0.25, 0.3) is 20.3 Å². The maximum absolute atomic E-state index is 11.6. The first-order valence-corrected chi connectivity index (χ1v) is 16.4. The monoisotopic (exact) mass is 693 g/mol. The maximum atomic E-state index is 11.6. The predicted octanol–water partition coefficient (Wildman–Crippen LogP) is 2.08. The summed E-state index contributed by atoms with van der Waals surface area (Å²) in [5.41, 5.74) is 5.93. The lowest BCUT2D eigenvalue weighted by Crippen LogP contribution is -2.30. The Labute approximate surface area is 258 Å². The lowest BCUT2D eigenvalue weighted by atomic mass is 10.2. The normalized spacial score (nSPS) is 12.2. The molecule has 0 aliphatic carbocycles. The van der Waals surface area contributed by atoms with Crippen molar-refractivity contribution in [3.63, 3.8) is 0 Å². The van der Waals surface area contributed by atoms with E-state index in [2.05, 4.69) is 19.4 Å². The van der Waals surface area contributed by atoms with E-state index in [1.165, 1.54) is 39.3 Å². The molecular formula is C19H27N5O15S4. The molecule has 242 valence electrons. The third kappa shape index (κ3) is 23.7. The van der Waals surface area contributed by atoms with Crippen LogP contribution < -0.4 is 5.73 Å². The zero-order chi connectivity index (χ0) is 32.6. The van der Waals surface area contributed by atoms with Crippen LogP contribution in [0, 0.1) is 40.5 Å². The van der Waals surface area contributed by atoms with Crippen LogP contribution in [0.3, 0.4) is 0 Å². The Bertz CT molecular complexity index is 1030. The first-order valence-electron chi connectivity index (χ1n) is 11.5. The lowest BCUT2D eigenvalue weighted by molar-refractivity contribution is -0.788. The number of ketones is 1. The van der Waals surface area contributed by atoms with Crippen LogP contribution in [0.5, 0.6) is 0 Å². The molecule has 0 bridgehead atoms. The van der Waals surface area contributed by atoms with Gasteiger partial charge < -0.3 is 29.8 Å². The summed E-state index contributed by atoms with van der Waals surface area (Å²) in [5.74, 6) is 0.375. The summed E-state index contributed by atoms with van der Waals surface area (Å²) in [6, 6.07) is 7.91. The Hall–Kier alpha value is -3.48. The highest BCUT2D eigenvalue weighted by Gasteiger charge is 2.18. The summed E-state index contributed by atoms with van der Waals surface area (Å²) in [6.45, 7) is 0.446. The quantitative estimate of drug-likeness (QED) is 0.0564. The Morgan fingerprint density at radius 1 is 0.767 bits per heavy atom. The number of nitrogens with zero attached hydrogens (tertiary/aromatic N) is 4. The number of esters is 1. The average Bonchev–Trinajstić information content (AvgIpc) is 2.94. The molecule has 43 heavy (non-hydrogen) atoms. The molecule has 0 aliphatic heterocycles. The number of carbonyl (C=O) groups is 2. The SMILES string of the molecule is CC(=O)C(N)CSSCC(CO[N+](=O)[O-])O[N+](=O)[O-].O=C(OCCSSCC(CO[N+](=O)[O-])O[N+](=O)[O-])c1ccccc1. The van der Waals surface area contributed by atoms with Crippen LogP contribution in [0.4, 0.5) is 0 Å². The van der Waals surface area contributed by atoms with Gasteiger partial charge in [0.2, 0.25) is 0 Å². The molecule has 2 N–H and O–H groups in total. The van der Waals surface area contributed by atoms with Gasteiger partial charge in [-0.1, -0.05) is 61.4 Å². The maximum Gasteiger partial charge on any atom is 0.338 e. The number of hydrogen-bond acceptors (Lipinski definition) is 20. The molecule has 0 aromatic heterocycles. The summed E-state index contributed by atoms with van der Waals surface area (Å²) in [7, 11) is 4.86. The second-order valence-electron chi connectivity index (χ2n) is 7.34. The van der Waals surface area contributed by atoms with Crippen LogP contribution in [-0.2, 0) is 28.9 Å². The summed E-state index contributed by atoms with van der Waals surface area (Å²) < 4.78 is 5.05. The van der Waals surface area contributed by atoms with Crippen molar-refractivity contribution >= 4 is 54.9 Å². The molecule has 0 spiro atoms. The molecular weight excluding hydrogens is 666 g/mol. The van der Waals surface area contributed by atoms with E-state index < -0.39 is 57.8 Å². The number of rotatable bonds is 23. The van der Waals surface area contributed by atoms with E-state index in [0.717, 1.165) is 10.8 Å². The second-order valence-corrected chi connectivity index (χ2v) is 12.5. The fraction of sp³-hybridized carbons (Fsp3) is 0.579. The average molecular weight is 694 g/mol. The number of carbonyl (C=O) groups excluding carboxylic acids is 2. The molecule has 0 heterocycles. The van der Waals surface area contributed by atoms with Crippen LogP contribution in [0.2, 0.25) is 0 Å². The molecule has 0 saturated carbocycles. The third-order valence-corrected chi connectivity index (χ3v) is 8.96. The van der Waals surface area contributed by atoms with E-state index in [4.69, 9.17) is 10.5 Å². The van der Waals surface area contributed by atoms with E-state index in [9.17, 15) is 50.0 Å². The molecule has 0 radical (unpaired) electrons. The molecule has 24 heteroatoms. The molecule has 0 fully saturated rings. The predicted molar refractivity (Wildman–Crippen MR) is 155 cm³/mol. The van der Waals surface area contributed by atoms with Gasteiger partial charge in [0, 0.05) is 23.0 Å². The van der Waals surface area contributed by atoms with E-state index in [1.807, 2.05) is 0 Å². The molecule has 3 atom stereocenters. The summed E-state index contributed by atoms with van der Waals surface area (Å²) in [4.78, 5) is 79.6. The highest BCUT2D eigenvalue weighted by molar-refractivity contribution is 8.77. The topological polar surface area (TPSA) is 279 Å². The Kier molecular flexibility index (Phi) is 22.1. The van der Waals surface area contributed by atoms with Crippen molar-refractivity contribution in [2.45, 2.75) is 25.2 Å². The van der Waals surface area contributed by atoms with Gasteiger partial charge in [-0.2, -0.15) is 0 Å². The minimum Gasteiger partial charge on any atom is -0.461 e. The molecule has 0 amide bonds. The Balaban J connectivity index is 0.000000846. The fourth-order valence-corrected chi connectivity index (χ4v) is 6.45. The van der Waals surface area contributed by atoms with Crippen molar-refractivity contribution in [2.75, 3.05) is 42.8 Å². The number of ether oxygens (including phenoxy) is 1. The van der Waals surface area contributed by atoms with E-state index in [0.29, 0.717) is 17.1 Å². The number of benzene rings is 1. The third-order valence-electron chi connectivity index (χ3n) is 4.06. The minimum absolute atomic E-state index is 0.0874. The number of Topliss-reactive ketones (excluding diaryl/α,β-unsaturated/α-hetero) is 1. The Morgan fingerprint density at radius 3 is 1.67 bits per heavy atom. The largest absolute Gasteiger partial charge is 0.461 e. The molecule has 3 unspecified atom stereocenters. The highest BCUT2D eigenvalue weighted by Crippen LogP contribution is 2.24. The van der Waals surface area contributed by atoms with Gasteiger partial charge in [0.15, 0.2) is 0 Å². The fourth-order valence-electron chi connectivity index (χ4n) is 2.12.